The fraction of sp³-hybridized carbons (Fsp3) is 0.500. The lowest BCUT2D eigenvalue weighted by molar-refractivity contribution is -0.150. The summed E-state index contributed by atoms with van der Waals surface area (Å²) in [5, 5.41) is 11.8. The van der Waals surface area contributed by atoms with Crippen molar-refractivity contribution in [3.05, 3.63) is 50.9 Å². The van der Waals surface area contributed by atoms with E-state index in [0.717, 1.165) is 37.7 Å². The molecule has 1 aliphatic heterocycles. The lowest BCUT2D eigenvalue weighted by Crippen LogP contribution is -2.48. The predicted molar refractivity (Wildman–Crippen MR) is 119 cm³/mol. The summed E-state index contributed by atoms with van der Waals surface area (Å²) in [7, 11) is 0. The predicted octanol–water partition coefficient (Wildman–Crippen LogP) is 4.95. The summed E-state index contributed by atoms with van der Waals surface area (Å²) < 4.78 is 12.4. The van der Waals surface area contributed by atoms with Crippen LogP contribution >= 0.6 is 27.3 Å². The molecule has 1 N–H and O–H groups in total. The lowest BCUT2D eigenvalue weighted by Gasteiger charge is -2.40. The minimum Gasteiger partial charge on any atom is -0.480 e. The van der Waals surface area contributed by atoms with E-state index in [-0.39, 0.29) is 19.2 Å². The standard InChI is InChI=1S/C22H25BrN2O5S/c23-17-13-31-19(24-17)22(30-12-18(26)27)14-21(9-5-2-6-10-21)25(15-22)20(28)29-11-16-7-3-1-4-8-16/h1,3-4,7-8,13H,2,5-6,9-12,14-15H2,(H,26,27). The fourth-order valence-electron chi connectivity index (χ4n) is 4.78. The minimum atomic E-state index is -1.04. The summed E-state index contributed by atoms with van der Waals surface area (Å²) in [6, 6.07) is 9.57. The first-order valence-electron chi connectivity index (χ1n) is 10.4. The molecule has 1 amide bonds. The van der Waals surface area contributed by atoms with Crippen molar-refractivity contribution in [2.45, 2.75) is 56.3 Å². The lowest BCUT2D eigenvalue weighted by atomic mass is 9.77. The number of carbonyl (C=O) groups is 2. The molecule has 166 valence electrons. The van der Waals surface area contributed by atoms with Gasteiger partial charge in [0.2, 0.25) is 0 Å². The van der Waals surface area contributed by atoms with Crippen LogP contribution in [-0.2, 0) is 26.5 Å². The highest BCUT2D eigenvalue weighted by molar-refractivity contribution is 9.10. The van der Waals surface area contributed by atoms with Gasteiger partial charge in [0, 0.05) is 17.3 Å². The van der Waals surface area contributed by atoms with E-state index in [2.05, 4.69) is 20.9 Å². The Morgan fingerprint density at radius 1 is 1.19 bits per heavy atom. The number of amides is 1. The molecule has 0 bridgehead atoms. The van der Waals surface area contributed by atoms with Crippen LogP contribution in [0, 0.1) is 0 Å². The molecule has 9 heteroatoms. The third kappa shape index (κ3) is 4.78. The van der Waals surface area contributed by atoms with Crippen LogP contribution in [0.2, 0.25) is 0 Å². The molecule has 1 aliphatic carbocycles. The van der Waals surface area contributed by atoms with E-state index >= 15 is 0 Å². The number of aromatic nitrogens is 1. The molecular formula is C22H25BrN2O5S. The summed E-state index contributed by atoms with van der Waals surface area (Å²) in [5.41, 5.74) is -0.453. The topological polar surface area (TPSA) is 89.0 Å². The molecule has 7 nitrogen and oxygen atoms in total. The van der Waals surface area contributed by atoms with E-state index in [0.29, 0.717) is 16.0 Å². The van der Waals surface area contributed by atoms with Gasteiger partial charge in [-0.15, -0.1) is 11.3 Å². The van der Waals surface area contributed by atoms with Crippen LogP contribution in [0.1, 0.15) is 49.1 Å². The summed E-state index contributed by atoms with van der Waals surface area (Å²) in [4.78, 5) is 30.9. The van der Waals surface area contributed by atoms with Gasteiger partial charge in [-0.1, -0.05) is 49.6 Å². The van der Waals surface area contributed by atoms with E-state index in [9.17, 15) is 14.7 Å². The molecule has 2 aliphatic rings. The molecule has 0 radical (unpaired) electrons. The second-order valence-corrected chi connectivity index (χ2v) is 9.91. The number of aliphatic carboxylic acids is 1. The minimum absolute atomic E-state index is 0.192. The number of likely N-dealkylation sites (tertiary alicyclic amines) is 1. The number of carbonyl (C=O) groups excluding carboxylic acids is 1. The van der Waals surface area contributed by atoms with Gasteiger partial charge in [0.05, 0.1) is 6.54 Å². The molecule has 1 unspecified atom stereocenters. The van der Waals surface area contributed by atoms with Crippen LogP contribution in [0.15, 0.2) is 40.3 Å². The first kappa shape index (κ1) is 22.2. The Labute approximate surface area is 193 Å². The molecule has 1 spiro atoms. The van der Waals surface area contributed by atoms with E-state index in [1.54, 1.807) is 4.90 Å². The van der Waals surface area contributed by atoms with Gasteiger partial charge in [0.1, 0.15) is 28.4 Å². The van der Waals surface area contributed by atoms with Crippen molar-refractivity contribution in [1.29, 1.82) is 0 Å². The highest BCUT2D eigenvalue weighted by Gasteiger charge is 2.58. The Kier molecular flexibility index (Phi) is 6.64. The number of carboxylic acids is 1. The summed E-state index contributed by atoms with van der Waals surface area (Å²) >= 11 is 4.80. The molecular weight excluding hydrogens is 484 g/mol. The third-order valence-electron chi connectivity index (χ3n) is 6.15. The maximum absolute atomic E-state index is 13.3. The number of carboxylic acid groups (broad SMARTS) is 1. The Balaban J connectivity index is 1.62. The van der Waals surface area contributed by atoms with Gasteiger partial charge in [-0.25, -0.2) is 14.6 Å². The first-order chi connectivity index (χ1) is 14.9. The number of halogens is 1. The maximum atomic E-state index is 13.3. The molecule has 2 aromatic rings. The van der Waals surface area contributed by atoms with Gasteiger partial charge >= 0.3 is 12.1 Å². The average Bonchev–Trinajstić information content (AvgIpc) is 3.35. The van der Waals surface area contributed by atoms with Crippen molar-refractivity contribution < 1.29 is 24.2 Å². The fourth-order valence-corrected chi connectivity index (χ4v) is 6.18. The highest BCUT2D eigenvalue weighted by Crippen LogP contribution is 2.52. The van der Waals surface area contributed by atoms with Crippen molar-refractivity contribution in [2.75, 3.05) is 13.2 Å². The Morgan fingerprint density at radius 3 is 2.58 bits per heavy atom. The third-order valence-corrected chi connectivity index (χ3v) is 7.89. The number of rotatable bonds is 6. The van der Waals surface area contributed by atoms with Gasteiger partial charge < -0.3 is 14.6 Å². The zero-order valence-electron chi connectivity index (χ0n) is 17.1. The van der Waals surface area contributed by atoms with Gasteiger partial charge in [0.15, 0.2) is 0 Å². The van der Waals surface area contributed by atoms with Gasteiger partial charge in [-0.3, -0.25) is 4.90 Å². The zero-order chi connectivity index (χ0) is 21.9. The van der Waals surface area contributed by atoms with Gasteiger partial charge in [-0.2, -0.15) is 0 Å². The van der Waals surface area contributed by atoms with E-state index in [4.69, 9.17) is 9.47 Å². The average molecular weight is 509 g/mol. The van der Waals surface area contributed by atoms with Crippen molar-refractivity contribution in [3.8, 4) is 0 Å². The van der Waals surface area contributed by atoms with E-state index < -0.39 is 23.7 Å². The Morgan fingerprint density at radius 2 is 1.94 bits per heavy atom. The van der Waals surface area contributed by atoms with Crippen molar-refractivity contribution >= 4 is 39.3 Å². The highest BCUT2D eigenvalue weighted by atomic mass is 79.9. The summed E-state index contributed by atoms with van der Waals surface area (Å²) in [6.07, 6.45) is 4.98. The van der Waals surface area contributed by atoms with Crippen LogP contribution in [-0.4, -0.2) is 45.7 Å². The molecule has 1 atom stereocenters. The number of ether oxygens (including phenoxy) is 2. The molecule has 1 aromatic heterocycles. The van der Waals surface area contributed by atoms with Crippen molar-refractivity contribution in [1.82, 2.24) is 9.88 Å². The number of thiazole rings is 1. The second-order valence-electron chi connectivity index (χ2n) is 8.24. The Hall–Kier alpha value is -1.97. The maximum Gasteiger partial charge on any atom is 0.410 e. The number of nitrogens with zero attached hydrogens (tertiary/aromatic N) is 2. The SMILES string of the molecule is O=C(O)COC1(c2nc(Br)cs2)CN(C(=O)OCc2ccccc2)C2(CCCCC2)C1. The van der Waals surface area contributed by atoms with Crippen LogP contribution in [0.4, 0.5) is 4.79 Å². The Bertz CT molecular complexity index is 931. The number of hydrogen-bond acceptors (Lipinski definition) is 6. The molecule has 1 saturated heterocycles. The van der Waals surface area contributed by atoms with E-state index in [1.807, 2.05) is 35.7 Å². The van der Waals surface area contributed by atoms with Crippen LogP contribution in [0.3, 0.4) is 0 Å². The van der Waals surface area contributed by atoms with Crippen LogP contribution in [0.25, 0.3) is 0 Å². The monoisotopic (exact) mass is 508 g/mol. The van der Waals surface area contributed by atoms with Crippen molar-refractivity contribution in [3.63, 3.8) is 0 Å². The van der Waals surface area contributed by atoms with Crippen LogP contribution < -0.4 is 0 Å². The quantitative estimate of drug-likeness (QED) is 0.593. The normalized spacial score (nSPS) is 22.5. The largest absolute Gasteiger partial charge is 0.480 e. The summed E-state index contributed by atoms with van der Waals surface area (Å²) in [6.45, 7) is -0.0218. The molecule has 31 heavy (non-hydrogen) atoms. The zero-order valence-corrected chi connectivity index (χ0v) is 19.5. The number of benzene rings is 1. The molecule has 2 heterocycles. The van der Waals surface area contributed by atoms with Crippen molar-refractivity contribution in [2.24, 2.45) is 0 Å². The molecule has 1 aromatic carbocycles. The van der Waals surface area contributed by atoms with Gasteiger partial charge in [-0.05, 0) is 34.3 Å². The van der Waals surface area contributed by atoms with E-state index in [1.165, 1.54) is 11.3 Å². The summed E-state index contributed by atoms with van der Waals surface area (Å²) in [5.74, 6) is -1.04. The molecule has 2 fully saturated rings. The smallest absolute Gasteiger partial charge is 0.410 e. The van der Waals surface area contributed by atoms with Gasteiger partial charge in [0.25, 0.3) is 0 Å². The first-order valence-corrected chi connectivity index (χ1v) is 12.1. The second kappa shape index (κ2) is 9.26. The number of hydrogen-bond donors (Lipinski definition) is 1. The molecule has 1 saturated carbocycles. The molecule has 4 rings (SSSR count). The van der Waals surface area contributed by atoms with Crippen LogP contribution in [0.5, 0.6) is 0 Å².